The molecule has 6 heterocycles. The predicted octanol–water partition coefficient (Wildman–Crippen LogP) is 3.97. The van der Waals surface area contributed by atoms with Crippen LogP contribution in [0.25, 0.3) is 0 Å². The van der Waals surface area contributed by atoms with Crippen molar-refractivity contribution < 1.29 is 23.8 Å². The maximum atomic E-state index is 14.1. The number of benzene rings is 2. The third-order valence-electron chi connectivity index (χ3n) is 7.76. The molecule has 4 aromatic rings. The predicted molar refractivity (Wildman–Crippen MR) is 148 cm³/mol. The molecule has 1 atom stereocenters. The van der Waals surface area contributed by atoms with Crippen LogP contribution in [0.1, 0.15) is 61.3 Å². The zero-order chi connectivity index (χ0) is 27.8. The van der Waals surface area contributed by atoms with Crippen LogP contribution in [0.5, 0.6) is 17.2 Å². The highest BCUT2D eigenvalue weighted by Crippen LogP contribution is 2.39. The van der Waals surface area contributed by atoms with Gasteiger partial charge in [-0.3, -0.25) is 19.7 Å². The van der Waals surface area contributed by atoms with Crippen molar-refractivity contribution in [2.24, 2.45) is 0 Å². The number of ether oxygens (including phenoxy) is 3. The molecule has 0 radical (unpaired) electrons. The fraction of sp³-hybridized carbons (Fsp3) is 0.290. The number of aromatic amines is 1. The molecule has 0 spiro atoms. The summed E-state index contributed by atoms with van der Waals surface area (Å²) in [6.07, 6.45) is 5.10. The van der Waals surface area contributed by atoms with Crippen LogP contribution in [0.2, 0.25) is 0 Å². The van der Waals surface area contributed by atoms with E-state index in [1.54, 1.807) is 12.3 Å². The number of aromatic nitrogens is 3. The Kier molecular flexibility index (Phi) is 6.60. The largest absolute Gasteiger partial charge is 0.494 e. The summed E-state index contributed by atoms with van der Waals surface area (Å²) in [6.45, 7) is 2.38. The fourth-order valence-corrected chi connectivity index (χ4v) is 5.75. The van der Waals surface area contributed by atoms with Gasteiger partial charge < -0.3 is 24.4 Å². The van der Waals surface area contributed by atoms with Crippen LogP contribution in [-0.2, 0) is 24.2 Å². The van der Waals surface area contributed by atoms with E-state index in [1.165, 1.54) is 6.20 Å². The summed E-state index contributed by atoms with van der Waals surface area (Å²) in [4.78, 5) is 32.8. The van der Waals surface area contributed by atoms with Gasteiger partial charge in [-0.15, -0.1) is 0 Å². The van der Waals surface area contributed by atoms with Crippen molar-refractivity contribution in [1.82, 2.24) is 25.4 Å². The van der Waals surface area contributed by atoms with E-state index in [0.29, 0.717) is 80.7 Å². The molecule has 0 aliphatic carbocycles. The SMILES string of the molecule is O=C1NCCCOc2cccc(c2)C2c3ccc(cc3CCN2C(=O)c2n[nH]c3c2COCC3)Oc2cncc1c2. The normalized spacial score (nSPS) is 18.3. The van der Waals surface area contributed by atoms with Crippen molar-refractivity contribution in [2.75, 3.05) is 26.3 Å². The quantitative estimate of drug-likeness (QED) is 0.368. The smallest absolute Gasteiger partial charge is 0.275 e. The molecule has 2 N–H and O–H groups in total. The summed E-state index contributed by atoms with van der Waals surface area (Å²) < 4.78 is 17.9. The molecule has 1 unspecified atom stereocenters. The van der Waals surface area contributed by atoms with Gasteiger partial charge in [-0.2, -0.15) is 5.10 Å². The molecular formula is C31H29N5O5. The number of H-pyrrole nitrogens is 1. The van der Waals surface area contributed by atoms with E-state index in [9.17, 15) is 9.59 Å². The summed E-state index contributed by atoms with van der Waals surface area (Å²) in [5.74, 6) is 1.48. The number of amides is 2. The van der Waals surface area contributed by atoms with Crippen molar-refractivity contribution in [2.45, 2.75) is 31.9 Å². The Balaban J connectivity index is 1.30. The Labute approximate surface area is 236 Å². The molecule has 8 rings (SSSR count). The number of hydrogen-bond acceptors (Lipinski definition) is 7. The number of carbonyl (C=O) groups excluding carboxylic acids is 2. The highest BCUT2D eigenvalue weighted by molar-refractivity contribution is 5.95. The van der Waals surface area contributed by atoms with Crippen LogP contribution in [0, 0.1) is 0 Å². The van der Waals surface area contributed by atoms with Crippen molar-refractivity contribution in [3.8, 4) is 17.2 Å². The Morgan fingerprint density at radius 2 is 1.95 bits per heavy atom. The molecule has 2 amide bonds. The Morgan fingerprint density at radius 1 is 1.00 bits per heavy atom. The standard InChI is InChI=1S/C31H29N5O5/c37-30-21-15-24(17-32-16-21)41-23-5-6-25-19(13-23)7-10-36(31(38)28-26-18-39-12-8-27(26)34-35-28)29(25)20-3-1-4-22(14-20)40-11-2-9-33-30/h1,3-6,13-17,29H,2,7-12,18H2,(H,33,37)(H,34,35). The van der Waals surface area contributed by atoms with Crippen molar-refractivity contribution in [3.63, 3.8) is 0 Å². The van der Waals surface area contributed by atoms with Gasteiger partial charge in [0.2, 0.25) is 0 Å². The van der Waals surface area contributed by atoms with Gasteiger partial charge in [0.15, 0.2) is 5.69 Å². The summed E-state index contributed by atoms with van der Waals surface area (Å²) >= 11 is 0. The zero-order valence-electron chi connectivity index (χ0n) is 22.4. The van der Waals surface area contributed by atoms with Crippen molar-refractivity contribution >= 4 is 11.8 Å². The van der Waals surface area contributed by atoms with Crippen molar-refractivity contribution in [3.05, 3.63) is 100 Å². The number of carbonyl (C=O) groups is 2. The van der Waals surface area contributed by atoms with Crippen LogP contribution in [-0.4, -0.2) is 58.2 Å². The highest BCUT2D eigenvalue weighted by atomic mass is 16.5. The molecule has 2 aromatic carbocycles. The van der Waals surface area contributed by atoms with Gasteiger partial charge in [0.25, 0.3) is 11.8 Å². The number of hydrogen-bond donors (Lipinski definition) is 2. The van der Waals surface area contributed by atoms with E-state index in [2.05, 4.69) is 20.5 Å². The molecule has 10 nitrogen and oxygen atoms in total. The topological polar surface area (TPSA) is 119 Å². The van der Waals surface area contributed by atoms with Crippen LogP contribution in [0.3, 0.4) is 0 Å². The number of nitrogens with one attached hydrogen (secondary N) is 2. The van der Waals surface area contributed by atoms with E-state index in [0.717, 1.165) is 27.9 Å². The van der Waals surface area contributed by atoms with Gasteiger partial charge in [-0.05, 0) is 59.9 Å². The van der Waals surface area contributed by atoms with Crippen molar-refractivity contribution in [1.29, 1.82) is 0 Å². The third-order valence-corrected chi connectivity index (χ3v) is 7.76. The molecule has 0 saturated carbocycles. The van der Waals surface area contributed by atoms with Crippen LogP contribution < -0.4 is 14.8 Å². The Morgan fingerprint density at radius 3 is 2.90 bits per heavy atom. The van der Waals surface area contributed by atoms with Gasteiger partial charge in [-0.25, -0.2) is 0 Å². The minimum atomic E-state index is -0.344. The molecule has 0 fully saturated rings. The van der Waals surface area contributed by atoms with E-state index >= 15 is 0 Å². The molecule has 10 heteroatoms. The lowest BCUT2D eigenvalue weighted by molar-refractivity contribution is 0.0676. The first-order valence-electron chi connectivity index (χ1n) is 13.9. The lowest BCUT2D eigenvalue weighted by Crippen LogP contribution is -2.41. The maximum absolute atomic E-state index is 14.1. The van der Waals surface area contributed by atoms with Crippen LogP contribution >= 0.6 is 0 Å². The molecule has 0 saturated heterocycles. The minimum absolute atomic E-state index is 0.129. The molecule has 2 aromatic heterocycles. The number of nitrogens with zero attached hydrogens (tertiary/aromatic N) is 3. The summed E-state index contributed by atoms with van der Waals surface area (Å²) in [5.41, 5.74) is 5.70. The molecule has 4 aliphatic heterocycles. The van der Waals surface area contributed by atoms with Gasteiger partial charge in [0, 0.05) is 37.0 Å². The fourth-order valence-electron chi connectivity index (χ4n) is 5.75. The van der Waals surface area contributed by atoms with E-state index in [-0.39, 0.29) is 17.9 Å². The first kappa shape index (κ1) is 25.3. The molecule has 4 aliphatic rings. The second-order valence-electron chi connectivity index (χ2n) is 10.4. The maximum Gasteiger partial charge on any atom is 0.275 e. The average molecular weight is 552 g/mol. The first-order valence-corrected chi connectivity index (χ1v) is 13.9. The summed E-state index contributed by atoms with van der Waals surface area (Å²) in [6, 6.07) is 15.1. The summed E-state index contributed by atoms with van der Waals surface area (Å²) in [7, 11) is 0. The van der Waals surface area contributed by atoms with E-state index < -0.39 is 0 Å². The van der Waals surface area contributed by atoms with Gasteiger partial charge in [0.1, 0.15) is 17.2 Å². The average Bonchev–Trinajstić information content (AvgIpc) is 3.44. The van der Waals surface area contributed by atoms with Crippen LogP contribution in [0.4, 0.5) is 0 Å². The Bertz CT molecular complexity index is 1630. The van der Waals surface area contributed by atoms with Gasteiger partial charge in [0.05, 0.1) is 37.6 Å². The highest BCUT2D eigenvalue weighted by Gasteiger charge is 2.36. The lowest BCUT2D eigenvalue weighted by atomic mass is 9.87. The number of fused-ring (bicyclic) bond motifs is 7. The first-order chi connectivity index (χ1) is 20.1. The minimum Gasteiger partial charge on any atom is -0.494 e. The zero-order valence-corrected chi connectivity index (χ0v) is 22.4. The van der Waals surface area contributed by atoms with Gasteiger partial charge in [-0.1, -0.05) is 18.2 Å². The van der Waals surface area contributed by atoms with Gasteiger partial charge >= 0.3 is 0 Å². The van der Waals surface area contributed by atoms with E-state index in [4.69, 9.17) is 14.2 Å². The van der Waals surface area contributed by atoms with Crippen LogP contribution in [0.15, 0.2) is 60.9 Å². The number of rotatable bonds is 1. The Hall–Kier alpha value is -4.70. The van der Waals surface area contributed by atoms with E-state index in [1.807, 2.05) is 47.4 Å². The number of pyridine rings is 1. The molecule has 208 valence electrons. The third kappa shape index (κ3) is 4.91. The lowest BCUT2D eigenvalue weighted by Gasteiger charge is -2.38. The molecule has 41 heavy (non-hydrogen) atoms. The molecule has 8 bridgehead atoms. The second-order valence-corrected chi connectivity index (χ2v) is 10.4. The second kappa shape index (κ2) is 10.7. The molecular weight excluding hydrogens is 522 g/mol. The monoisotopic (exact) mass is 551 g/mol. The summed E-state index contributed by atoms with van der Waals surface area (Å²) in [5, 5.41) is 10.4.